The molecule has 0 spiro atoms. The van der Waals surface area contributed by atoms with Crippen LogP contribution in [0.15, 0.2) is 24.5 Å². The summed E-state index contributed by atoms with van der Waals surface area (Å²) >= 11 is 0. The van der Waals surface area contributed by atoms with Crippen LogP contribution in [0.5, 0.6) is 5.88 Å². The number of carbonyl (C=O) groups excluding carboxylic acids is 2. The highest BCUT2D eigenvalue weighted by Gasteiger charge is 2.30. The standard InChI is InChI=1S/C19H20F3N5O3/c1-10-7-13(8-24-17(10)30-9-19(20,21)22)11(2)25-16(29)14-5-6-23-18(26-14)27-15(28)12-3-4-12/h5-8,11-12H,3-4,9H2,1-2H3,(H,25,29)(H,23,26,27,28). The fourth-order valence-electron chi connectivity index (χ4n) is 2.58. The molecular weight excluding hydrogens is 403 g/mol. The van der Waals surface area contributed by atoms with Crippen LogP contribution < -0.4 is 15.4 Å². The number of amides is 2. The van der Waals surface area contributed by atoms with E-state index in [2.05, 4.69) is 30.3 Å². The summed E-state index contributed by atoms with van der Waals surface area (Å²) < 4.78 is 41.6. The number of halogens is 3. The van der Waals surface area contributed by atoms with E-state index < -0.39 is 24.7 Å². The van der Waals surface area contributed by atoms with Gasteiger partial charge >= 0.3 is 6.18 Å². The summed E-state index contributed by atoms with van der Waals surface area (Å²) in [5.41, 5.74) is 1.05. The summed E-state index contributed by atoms with van der Waals surface area (Å²) in [6.07, 6.45) is -0.0882. The lowest BCUT2D eigenvalue weighted by molar-refractivity contribution is -0.154. The zero-order valence-electron chi connectivity index (χ0n) is 16.3. The van der Waals surface area contributed by atoms with E-state index in [-0.39, 0.29) is 29.3 Å². The summed E-state index contributed by atoms with van der Waals surface area (Å²) in [5, 5.41) is 5.30. The molecule has 8 nitrogen and oxygen atoms in total. The Balaban J connectivity index is 1.62. The van der Waals surface area contributed by atoms with E-state index in [1.54, 1.807) is 19.9 Å². The first kappa shape index (κ1) is 21.5. The smallest absolute Gasteiger partial charge is 0.422 e. The number of carbonyl (C=O) groups is 2. The van der Waals surface area contributed by atoms with Gasteiger partial charge in [-0.25, -0.2) is 15.0 Å². The number of aryl methyl sites for hydroxylation is 1. The lowest BCUT2D eigenvalue weighted by Crippen LogP contribution is -2.28. The normalized spacial score (nSPS) is 14.7. The molecule has 1 unspecified atom stereocenters. The van der Waals surface area contributed by atoms with Crippen molar-refractivity contribution in [2.45, 2.75) is 38.9 Å². The molecule has 1 aliphatic carbocycles. The number of nitrogens with one attached hydrogen (secondary N) is 2. The second kappa shape index (κ2) is 8.64. The third-order valence-corrected chi connectivity index (χ3v) is 4.34. The molecule has 0 aromatic carbocycles. The Morgan fingerprint density at radius 3 is 2.67 bits per heavy atom. The van der Waals surface area contributed by atoms with Gasteiger partial charge < -0.3 is 10.1 Å². The second-order valence-corrected chi connectivity index (χ2v) is 7.02. The highest BCUT2D eigenvalue weighted by molar-refractivity contribution is 5.95. The number of ether oxygens (including phenoxy) is 1. The Bertz CT molecular complexity index is 947. The molecule has 2 aromatic rings. The quantitative estimate of drug-likeness (QED) is 0.709. The summed E-state index contributed by atoms with van der Waals surface area (Å²) in [4.78, 5) is 36.2. The van der Waals surface area contributed by atoms with Gasteiger partial charge in [-0.1, -0.05) is 0 Å². The first-order chi connectivity index (χ1) is 14.1. The number of hydrogen-bond donors (Lipinski definition) is 2. The lowest BCUT2D eigenvalue weighted by atomic mass is 10.1. The number of alkyl halides is 3. The van der Waals surface area contributed by atoms with Gasteiger partial charge in [-0.15, -0.1) is 0 Å². The molecule has 11 heteroatoms. The van der Waals surface area contributed by atoms with Crippen LogP contribution in [0.25, 0.3) is 0 Å². The molecule has 0 saturated heterocycles. The SMILES string of the molecule is Cc1cc(C(C)NC(=O)c2ccnc(NC(=O)C3CC3)n2)cnc1OCC(F)(F)F. The molecule has 2 heterocycles. The van der Waals surface area contributed by atoms with Gasteiger partial charge in [-0.3, -0.25) is 14.9 Å². The van der Waals surface area contributed by atoms with Gasteiger partial charge in [0, 0.05) is 23.9 Å². The first-order valence-corrected chi connectivity index (χ1v) is 9.23. The van der Waals surface area contributed by atoms with Crippen molar-refractivity contribution in [1.82, 2.24) is 20.3 Å². The van der Waals surface area contributed by atoms with Crippen molar-refractivity contribution in [3.8, 4) is 5.88 Å². The Kier molecular flexibility index (Phi) is 6.18. The summed E-state index contributed by atoms with van der Waals surface area (Å²) in [6.45, 7) is 1.83. The summed E-state index contributed by atoms with van der Waals surface area (Å²) in [5.74, 6) is -0.764. The third kappa shape index (κ3) is 5.88. The zero-order valence-corrected chi connectivity index (χ0v) is 16.3. The van der Waals surface area contributed by atoms with Crippen molar-refractivity contribution in [3.05, 3.63) is 41.3 Å². The van der Waals surface area contributed by atoms with Crippen LogP contribution in [-0.2, 0) is 4.79 Å². The van der Waals surface area contributed by atoms with E-state index in [0.29, 0.717) is 11.1 Å². The van der Waals surface area contributed by atoms with Crippen molar-refractivity contribution in [2.24, 2.45) is 5.92 Å². The number of pyridine rings is 1. The third-order valence-electron chi connectivity index (χ3n) is 4.34. The zero-order chi connectivity index (χ0) is 21.9. The molecule has 2 N–H and O–H groups in total. The molecule has 30 heavy (non-hydrogen) atoms. The number of aromatic nitrogens is 3. The van der Waals surface area contributed by atoms with E-state index in [4.69, 9.17) is 0 Å². The predicted molar refractivity (Wildman–Crippen MR) is 99.8 cm³/mol. The number of rotatable bonds is 7. The molecule has 160 valence electrons. The molecule has 0 aliphatic heterocycles. The average molecular weight is 423 g/mol. The van der Waals surface area contributed by atoms with Gasteiger partial charge in [0.1, 0.15) is 5.69 Å². The van der Waals surface area contributed by atoms with Crippen LogP contribution in [-0.4, -0.2) is 39.5 Å². The molecular formula is C19H20F3N5O3. The maximum absolute atomic E-state index is 12.5. The monoisotopic (exact) mass is 423 g/mol. The minimum atomic E-state index is -4.46. The molecule has 2 aromatic heterocycles. The first-order valence-electron chi connectivity index (χ1n) is 9.23. The molecule has 1 atom stereocenters. The van der Waals surface area contributed by atoms with Gasteiger partial charge in [0.05, 0.1) is 6.04 Å². The molecule has 3 rings (SSSR count). The number of hydrogen-bond acceptors (Lipinski definition) is 6. The van der Waals surface area contributed by atoms with Crippen LogP contribution in [0.3, 0.4) is 0 Å². The van der Waals surface area contributed by atoms with E-state index in [1.807, 2.05) is 0 Å². The van der Waals surface area contributed by atoms with Crippen LogP contribution in [0, 0.1) is 12.8 Å². The Morgan fingerprint density at radius 1 is 1.30 bits per heavy atom. The van der Waals surface area contributed by atoms with E-state index in [0.717, 1.165) is 12.8 Å². The van der Waals surface area contributed by atoms with E-state index in [1.165, 1.54) is 18.5 Å². The van der Waals surface area contributed by atoms with Crippen molar-refractivity contribution >= 4 is 17.8 Å². The molecule has 0 radical (unpaired) electrons. The maximum atomic E-state index is 12.5. The van der Waals surface area contributed by atoms with Gasteiger partial charge in [-0.2, -0.15) is 13.2 Å². The average Bonchev–Trinajstić information content (AvgIpc) is 3.51. The van der Waals surface area contributed by atoms with Gasteiger partial charge in [0.15, 0.2) is 6.61 Å². The Labute approximate surface area is 170 Å². The van der Waals surface area contributed by atoms with Crippen molar-refractivity contribution in [3.63, 3.8) is 0 Å². The summed E-state index contributed by atoms with van der Waals surface area (Å²) in [7, 11) is 0. The molecule has 1 saturated carbocycles. The van der Waals surface area contributed by atoms with Gasteiger partial charge in [0.25, 0.3) is 5.91 Å². The second-order valence-electron chi connectivity index (χ2n) is 7.02. The van der Waals surface area contributed by atoms with Crippen molar-refractivity contribution in [1.29, 1.82) is 0 Å². The fourth-order valence-corrected chi connectivity index (χ4v) is 2.58. The number of nitrogens with zero attached hydrogens (tertiary/aromatic N) is 3. The Hall–Kier alpha value is -3.24. The van der Waals surface area contributed by atoms with Crippen LogP contribution in [0.1, 0.15) is 47.4 Å². The molecule has 2 amide bonds. The molecule has 1 aliphatic rings. The maximum Gasteiger partial charge on any atom is 0.422 e. The van der Waals surface area contributed by atoms with Crippen molar-refractivity contribution in [2.75, 3.05) is 11.9 Å². The highest BCUT2D eigenvalue weighted by atomic mass is 19.4. The predicted octanol–water partition coefficient (Wildman–Crippen LogP) is 2.96. The van der Waals surface area contributed by atoms with Crippen LogP contribution in [0.2, 0.25) is 0 Å². The van der Waals surface area contributed by atoms with Crippen molar-refractivity contribution < 1.29 is 27.5 Å². The summed E-state index contributed by atoms with van der Waals surface area (Å²) in [6, 6.07) is 2.50. The topological polar surface area (TPSA) is 106 Å². The Morgan fingerprint density at radius 2 is 2.03 bits per heavy atom. The van der Waals surface area contributed by atoms with Crippen LogP contribution >= 0.6 is 0 Å². The lowest BCUT2D eigenvalue weighted by Gasteiger charge is -2.16. The van der Waals surface area contributed by atoms with E-state index >= 15 is 0 Å². The van der Waals surface area contributed by atoms with Crippen LogP contribution in [0.4, 0.5) is 19.1 Å². The number of anilines is 1. The van der Waals surface area contributed by atoms with E-state index in [9.17, 15) is 22.8 Å². The molecule has 1 fully saturated rings. The fraction of sp³-hybridized carbons (Fsp3) is 0.421. The minimum absolute atomic E-state index is 0.0232. The largest absolute Gasteiger partial charge is 0.468 e. The highest BCUT2D eigenvalue weighted by Crippen LogP contribution is 2.29. The van der Waals surface area contributed by atoms with Gasteiger partial charge in [-0.05, 0) is 44.4 Å². The van der Waals surface area contributed by atoms with Gasteiger partial charge in [0.2, 0.25) is 17.7 Å². The molecule has 0 bridgehead atoms. The minimum Gasteiger partial charge on any atom is -0.468 e.